The van der Waals surface area contributed by atoms with Crippen molar-refractivity contribution in [1.29, 1.82) is 5.26 Å². The molecule has 3 rings (SSSR count). The van der Waals surface area contributed by atoms with Crippen molar-refractivity contribution in [3.63, 3.8) is 0 Å². The normalized spacial score (nSPS) is 17.3. The third-order valence-electron chi connectivity index (χ3n) is 3.21. The third kappa shape index (κ3) is 1.77. The summed E-state index contributed by atoms with van der Waals surface area (Å²) in [6, 6.07) is 8.71. The van der Waals surface area contributed by atoms with Gasteiger partial charge in [-0.1, -0.05) is 12.1 Å². The number of aromatic nitrogens is 2. The highest BCUT2D eigenvalue weighted by atomic mass is 16.5. The van der Waals surface area contributed by atoms with Gasteiger partial charge in [-0.05, 0) is 24.6 Å². The molecule has 1 aromatic heterocycles. The number of aromatic amines is 1. The molecule has 0 saturated carbocycles. The van der Waals surface area contributed by atoms with Gasteiger partial charge in [-0.3, -0.25) is 0 Å². The predicted octanol–water partition coefficient (Wildman–Crippen LogP) is 1.64. The smallest absolute Gasteiger partial charge is 0.243 e. The Morgan fingerprint density at radius 3 is 2.75 bits per heavy atom. The Morgan fingerprint density at radius 1 is 1.40 bits per heavy atom. The number of nitrogens with one attached hydrogen (secondary N) is 1. The zero-order valence-corrected chi connectivity index (χ0v) is 10.7. The molecule has 6 nitrogen and oxygen atoms in total. The minimum atomic E-state index is -0.370. The number of H-pyrrole nitrogens is 1. The van der Waals surface area contributed by atoms with Crippen molar-refractivity contribution in [2.45, 2.75) is 12.8 Å². The summed E-state index contributed by atoms with van der Waals surface area (Å²) in [5.41, 5.74) is 7.65. The number of aromatic hydroxyl groups is 1. The molecule has 4 N–H and O–H groups in total. The van der Waals surface area contributed by atoms with Crippen LogP contribution in [0.5, 0.6) is 11.6 Å². The first-order valence-corrected chi connectivity index (χ1v) is 6.03. The molecule has 1 aliphatic rings. The van der Waals surface area contributed by atoms with Gasteiger partial charge in [-0.25, -0.2) is 0 Å². The van der Waals surface area contributed by atoms with Crippen molar-refractivity contribution in [1.82, 2.24) is 9.97 Å². The van der Waals surface area contributed by atoms with E-state index in [4.69, 9.17) is 10.5 Å². The van der Waals surface area contributed by atoms with Gasteiger partial charge in [0.2, 0.25) is 11.8 Å². The Balaban J connectivity index is 2.19. The first kappa shape index (κ1) is 12.1. The second-order valence-corrected chi connectivity index (χ2v) is 4.56. The monoisotopic (exact) mass is 268 g/mol. The standard InChI is InChI=1S/C14H12N4O2/c1-7-17-12-11(8-2-4-9(19)5-3-8)10(6-15)13(16)20-14(12)18-7/h2-5,11,19H,16H2,1H3,(H,17,18)/t11-/m1/s1. The fourth-order valence-corrected chi connectivity index (χ4v) is 2.33. The van der Waals surface area contributed by atoms with Crippen molar-refractivity contribution in [3.05, 3.63) is 52.8 Å². The lowest BCUT2D eigenvalue weighted by Crippen LogP contribution is -2.21. The van der Waals surface area contributed by atoms with Crippen LogP contribution in [-0.4, -0.2) is 15.1 Å². The molecule has 0 bridgehead atoms. The van der Waals surface area contributed by atoms with E-state index in [1.54, 1.807) is 31.2 Å². The summed E-state index contributed by atoms with van der Waals surface area (Å²) < 4.78 is 5.37. The number of phenols is 1. The quantitative estimate of drug-likeness (QED) is 0.728. The molecular formula is C14H12N4O2. The second-order valence-electron chi connectivity index (χ2n) is 4.56. The lowest BCUT2D eigenvalue weighted by Gasteiger charge is -2.22. The molecule has 1 atom stereocenters. The molecule has 2 aromatic rings. The number of aryl methyl sites for hydroxylation is 1. The Kier molecular flexibility index (Phi) is 2.61. The van der Waals surface area contributed by atoms with E-state index in [9.17, 15) is 10.4 Å². The number of benzene rings is 1. The number of phenolic OH excluding ortho intramolecular Hbond substituents is 1. The summed E-state index contributed by atoms with van der Waals surface area (Å²) >= 11 is 0. The Morgan fingerprint density at radius 2 is 2.10 bits per heavy atom. The van der Waals surface area contributed by atoms with Crippen molar-refractivity contribution in [3.8, 4) is 17.7 Å². The van der Waals surface area contributed by atoms with Gasteiger partial charge in [0, 0.05) is 0 Å². The highest BCUT2D eigenvalue weighted by Crippen LogP contribution is 2.40. The number of nitriles is 1. The number of nitrogens with zero attached hydrogens (tertiary/aromatic N) is 2. The topological polar surface area (TPSA) is 108 Å². The number of rotatable bonds is 1. The van der Waals surface area contributed by atoms with Crippen LogP contribution in [0.25, 0.3) is 0 Å². The van der Waals surface area contributed by atoms with Gasteiger partial charge >= 0.3 is 0 Å². The number of nitrogens with two attached hydrogens (primary N) is 1. The predicted molar refractivity (Wildman–Crippen MR) is 70.7 cm³/mol. The van der Waals surface area contributed by atoms with Crippen LogP contribution in [0.2, 0.25) is 0 Å². The van der Waals surface area contributed by atoms with Crippen molar-refractivity contribution in [2.24, 2.45) is 5.73 Å². The zero-order valence-electron chi connectivity index (χ0n) is 10.7. The summed E-state index contributed by atoms with van der Waals surface area (Å²) in [5, 5.41) is 18.7. The maximum Gasteiger partial charge on any atom is 0.243 e. The second kappa shape index (κ2) is 4.31. The van der Waals surface area contributed by atoms with Crippen molar-refractivity contribution >= 4 is 0 Å². The van der Waals surface area contributed by atoms with E-state index in [2.05, 4.69) is 16.0 Å². The molecule has 0 spiro atoms. The van der Waals surface area contributed by atoms with E-state index in [0.29, 0.717) is 23.0 Å². The van der Waals surface area contributed by atoms with Gasteiger partial charge in [0.15, 0.2) is 0 Å². The molecule has 0 saturated heterocycles. The SMILES string of the molecule is Cc1nc2c([nH]1)[C@H](c1ccc(O)cc1)C(C#N)=C(N)O2. The lowest BCUT2D eigenvalue weighted by atomic mass is 9.88. The number of ether oxygens (including phenoxy) is 1. The molecule has 0 unspecified atom stereocenters. The average Bonchev–Trinajstić information content (AvgIpc) is 2.78. The molecule has 100 valence electrons. The number of hydrogen-bond donors (Lipinski definition) is 3. The Bertz CT molecular complexity index is 738. The summed E-state index contributed by atoms with van der Waals surface area (Å²) in [4.78, 5) is 7.32. The molecule has 0 fully saturated rings. The van der Waals surface area contributed by atoms with Gasteiger partial charge in [0.1, 0.15) is 23.2 Å². The highest BCUT2D eigenvalue weighted by Gasteiger charge is 2.33. The third-order valence-corrected chi connectivity index (χ3v) is 3.21. The summed E-state index contributed by atoms with van der Waals surface area (Å²) in [6.07, 6.45) is 0. The zero-order chi connectivity index (χ0) is 14.3. The fraction of sp³-hybridized carbons (Fsp3) is 0.143. The van der Waals surface area contributed by atoms with E-state index in [0.717, 1.165) is 5.56 Å². The number of hydrogen-bond acceptors (Lipinski definition) is 5. The Labute approximate surface area is 115 Å². The first-order chi connectivity index (χ1) is 9.60. The van der Waals surface area contributed by atoms with Crippen molar-refractivity contribution < 1.29 is 9.84 Å². The van der Waals surface area contributed by atoms with Crippen LogP contribution in [0.15, 0.2) is 35.7 Å². The minimum Gasteiger partial charge on any atom is -0.508 e. The maximum absolute atomic E-state index is 9.38. The average molecular weight is 268 g/mol. The van der Waals surface area contributed by atoms with E-state index in [1.807, 2.05) is 0 Å². The number of fused-ring (bicyclic) bond motifs is 1. The first-order valence-electron chi connectivity index (χ1n) is 6.03. The van der Waals surface area contributed by atoms with Crippen molar-refractivity contribution in [2.75, 3.05) is 0 Å². The minimum absolute atomic E-state index is 0.0598. The van der Waals surface area contributed by atoms with Crippen LogP contribution in [0.1, 0.15) is 23.0 Å². The van der Waals surface area contributed by atoms with Gasteiger partial charge in [-0.15, -0.1) is 0 Å². The van der Waals surface area contributed by atoms with E-state index < -0.39 is 0 Å². The van der Waals surface area contributed by atoms with Gasteiger partial charge in [0.05, 0.1) is 11.6 Å². The van der Waals surface area contributed by atoms with Gasteiger partial charge in [0.25, 0.3) is 0 Å². The summed E-state index contributed by atoms with van der Waals surface area (Å²) in [7, 11) is 0. The van der Waals surface area contributed by atoms with Crippen LogP contribution >= 0.6 is 0 Å². The molecule has 1 aliphatic heterocycles. The lowest BCUT2D eigenvalue weighted by molar-refractivity contribution is 0.379. The summed E-state index contributed by atoms with van der Waals surface area (Å²) in [5.74, 6) is 0.926. The largest absolute Gasteiger partial charge is 0.508 e. The molecular weight excluding hydrogens is 256 g/mol. The van der Waals surface area contributed by atoms with E-state index >= 15 is 0 Å². The van der Waals surface area contributed by atoms with Crippen LogP contribution < -0.4 is 10.5 Å². The van der Waals surface area contributed by atoms with E-state index in [-0.39, 0.29) is 17.6 Å². The number of allylic oxidation sites excluding steroid dienone is 1. The molecule has 2 heterocycles. The van der Waals surface area contributed by atoms with Crippen LogP contribution in [0, 0.1) is 18.3 Å². The molecule has 0 radical (unpaired) electrons. The molecule has 6 heteroatoms. The summed E-state index contributed by atoms with van der Waals surface area (Å²) in [6.45, 7) is 1.80. The molecule has 20 heavy (non-hydrogen) atoms. The van der Waals surface area contributed by atoms with Crippen LogP contribution in [0.3, 0.4) is 0 Å². The van der Waals surface area contributed by atoms with Crippen LogP contribution in [0.4, 0.5) is 0 Å². The van der Waals surface area contributed by atoms with Crippen LogP contribution in [-0.2, 0) is 0 Å². The van der Waals surface area contributed by atoms with Gasteiger partial charge < -0.3 is 20.6 Å². The highest BCUT2D eigenvalue weighted by molar-refractivity contribution is 5.51. The number of imidazole rings is 1. The van der Waals surface area contributed by atoms with E-state index in [1.165, 1.54) is 0 Å². The molecule has 0 aliphatic carbocycles. The Hall–Kier alpha value is -2.94. The fourth-order valence-electron chi connectivity index (χ4n) is 2.33. The molecule has 1 aromatic carbocycles. The molecule has 0 amide bonds. The van der Waals surface area contributed by atoms with Gasteiger partial charge in [-0.2, -0.15) is 10.2 Å². The maximum atomic E-state index is 9.38.